The second-order valence-electron chi connectivity index (χ2n) is 4.64. The summed E-state index contributed by atoms with van der Waals surface area (Å²) in [6.45, 7) is -0.0139. The summed E-state index contributed by atoms with van der Waals surface area (Å²) in [5.41, 5.74) is 0.165. The molecular formula is C16H12ClFN2O3S. The first-order chi connectivity index (χ1) is 11.3. The van der Waals surface area contributed by atoms with Crippen LogP contribution in [-0.2, 0) is 10.0 Å². The highest BCUT2D eigenvalue weighted by molar-refractivity contribution is 7.92. The second kappa shape index (κ2) is 7.34. The number of rotatable bonds is 5. The predicted molar refractivity (Wildman–Crippen MR) is 89.8 cm³/mol. The summed E-state index contributed by atoms with van der Waals surface area (Å²) >= 11 is 5.93. The second-order valence-corrected chi connectivity index (χ2v) is 6.73. The highest BCUT2D eigenvalue weighted by atomic mass is 35.5. The van der Waals surface area contributed by atoms with E-state index in [0.717, 1.165) is 18.2 Å². The number of amides is 1. The Kier molecular flexibility index (Phi) is 5.44. The van der Waals surface area contributed by atoms with Crippen molar-refractivity contribution in [3.8, 4) is 12.3 Å². The summed E-state index contributed by atoms with van der Waals surface area (Å²) in [7, 11) is -3.97. The zero-order valence-electron chi connectivity index (χ0n) is 12.2. The van der Waals surface area contributed by atoms with Gasteiger partial charge in [0.25, 0.3) is 15.9 Å². The van der Waals surface area contributed by atoms with E-state index < -0.39 is 21.7 Å². The molecule has 2 N–H and O–H groups in total. The van der Waals surface area contributed by atoms with Crippen LogP contribution in [0, 0.1) is 18.2 Å². The number of hydrogen-bond acceptors (Lipinski definition) is 3. The third-order valence-electron chi connectivity index (χ3n) is 2.94. The van der Waals surface area contributed by atoms with Crippen LogP contribution in [0.1, 0.15) is 10.4 Å². The molecule has 24 heavy (non-hydrogen) atoms. The number of carbonyl (C=O) groups excluding carboxylic acids is 1. The van der Waals surface area contributed by atoms with Crippen molar-refractivity contribution in [1.29, 1.82) is 0 Å². The molecule has 124 valence electrons. The molecule has 0 saturated heterocycles. The lowest BCUT2D eigenvalue weighted by atomic mass is 10.2. The van der Waals surface area contributed by atoms with Crippen LogP contribution in [0.4, 0.5) is 10.1 Å². The van der Waals surface area contributed by atoms with E-state index in [4.69, 9.17) is 18.0 Å². The molecule has 2 aromatic carbocycles. The lowest BCUT2D eigenvalue weighted by Gasteiger charge is -2.10. The zero-order chi connectivity index (χ0) is 17.7. The number of anilines is 1. The number of halogens is 2. The molecule has 0 unspecified atom stereocenters. The van der Waals surface area contributed by atoms with Crippen molar-refractivity contribution < 1.29 is 17.6 Å². The van der Waals surface area contributed by atoms with Gasteiger partial charge in [-0.3, -0.25) is 9.52 Å². The van der Waals surface area contributed by atoms with Gasteiger partial charge in [0.15, 0.2) is 0 Å². The summed E-state index contributed by atoms with van der Waals surface area (Å²) in [5, 5.41) is 2.50. The Morgan fingerprint density at radius 1 is 1.21 bits per heavy atom. The van der Waals surface area contributed by atoms with Crippen LogP contribution in [-0.4, -0.2) is 20.9 Å². The molecule has 2 rings (SSSR count). The molecule has 8 heteroatoms. The maximum atomic E-state index is 12.9. The topological polar surface area (TPSA) is 75.3 Å². The van der Waals surface area contributed by atoms with Crippen LogP contribution < -0.4 is 10.0 Å². The summed E-state index contributed by atoms with van der Waals surface area (Å²) < 4.78 is 39.9. The van der Waals surface area contributed by atoms with Gasteiger partial charge >= 0.3 is 0 Å². The van der Waals surface area contributed by atoms with Crippen LogP contribution in [0.25, 0.3) is 0 Å². The largest absolute Gasteiger partial charge is 0.341 e. The van der Waals surface area contributed by atoms with Gasteiger partial charge in [0.1, 0.15) is 5.82 Å². The van der Waals surface area contributed by atoms with Crippen molar-refractivity contribution in [2.24, 2.45) is 0 Å². The molecule has 0 aliphatic rings. The molecule has 0 aliphatic carbocycles. The third kappa shape index (κ3) is 4.25. The number of carbonyl (C=O) groups is 1. The average molecular weight is 367 g/mol. The molecule has 0 saturated carbocycles. The van der Waals surface area contributed by atoms with Crippen molar-refractivity contribution in [3.63, 3.8) is 0 Å². The third-order valence-corrected chi connectivity index (χ3v) is 4.65. The number of terminal acetylenes is 1. The van der Waals surface area contributed by atoms with Gasteiger partial charge in [-0.2, -0.15) is 0 Å². The summed E-state index contributed by atoms with van der Waals surface area (Å²) in [6.07, 6.45) is 5.06. The summed E-state index contributed by atoms with van der Waals surface area (Å²) in [5.74, 6) is 1.16. The average Bonchev–Trinajstić information content (AvgIpc) is 2.54. The van der Waals surface area contributed by atoms with E-state index in [0.29, 0.717) is 0 Å². The quantitative estimate of drug-likeness (QED) is 0.799. The van der Waals surface area contributed by atoms with Crippen LogP contribution >= 0.6 is 11.6 Å². The molecular weight excluding hydrogens is 355 g/mol. The smallest absolute Gasteiger partial charge is 0.261 e. The first-order valence-electron chi connectivity index (χ1n) is 6.63. The zero-order valence-corrected chi connectivity index (χ0v) is 13.8. The molecule has 1 amide bonds. The Hall–Kier alpha value is -2.56. The number of hydrogen-bond donors (Lipinski definition) is 2. The molecule has 0 aliphatic heterocycles. The molecule has 0 fully saturated rings. The van der Waals surface area contributed by atoms with Crippen molar-refractivity contribution in [2.75, 3.05) is 11.3 Å². The fourth-order valence-electron chi connectivity index (χ4n) is 1.80. The van der Waals surface area contributed by atoms with Gasteiger partial charge in [0, 0.05) is 5.69 Å². The summed E-state index contributed by atoms with van der Waals surface area (Å²) in [4.78, 5) is 11.8. The van der Waals surface area contributed by atoms with Crippen LogP contribution in [0.2, 0.25) is 5.02 Å². The first-order valence-corrected chi connectivity index (χ1v) is 8.49. The number of sulfonamides is 1. The van der Waals surface area contributed by atoms with Crippen LogP contribution in [0.3, 0.4) is 0 Å². The minimum Gasteiger partial charge on any atom is -0.341 e. The van der Waals surface area contributed by atoms with Gasteiger partial charge < -0.3 is 5.32 Å². The van der Waals surface area contributed by atoms with E-state index in [2.05, 4.69) is 16.0 Å². The lowest BCUT2D eigenvalue weighted by molar-refractivity contribution is 0.0958. The van der Waals surface area contributed by atoms with Gasteiger partial charge in [0.2, 0.25) is 0 Å². The van der Waals surface area contributed by atoms with Gasteiger partial charge in [-0.15, -0.1) is 6.42 Å². The van der Waals surface area contributed by atoms with E-state index in [-0.39, 0.29) is 27.7 Å². The van der Waals surface area contributed by atoms with Crippen molar-refractivity contribution in [3.05, 3.63) is 58.9 Å². The molecule has 0 aromatic heterocycles. The number of nitrogens with one attached hydrogen (secondary N) is 2. The van der Waals surface area contributed by atoms with E-state index in [1.165, 1.54) is 24.3 Å². The minimum atomic E-state index is -3.97. The molecule has 5 nitrogen and oxygen atoms in total. The first kappa shape index (κ1) is 17.8. The Labute approximate surface area is 143 Å². The molecule has 0 atom stereocenters. The van der Waals surface area contributed by atoms with Crippen molar-refractivity contribution in [2.45, 2.75) is 4.90 Å². The fraction of sp³-hybridized carbons (Fsp3) is 0.0625. The Bertz CT molecular complexity index is 906. The predicted octanol–water partition coefficient (Wildman–Crippen LogP) is 2.64. The Morgan fingerprint density at radius 3 is 2.50 bits per heavy atom. The van der Waals surface area contributed by atoms with E-state index in [9.17, 15) is 17.6 Å². The fourth-order valence-corrected chi connectivity index (χ4v) is 3.09. The highest BCUT2D eigenvalue weighted by Gasteiger charge is 2.18. The lowest BCUT2D eigenvalue weighted by Crippen LogP contribution is -2.24. The maximum Gasteiger partial charge on any atom is 0.261 e. The van der Waals surface area contributed by atoms with Gasteiger partial charge in [-0.25, -0.2) is 12.8 Å². The molecule has 2 aromatic rings. The molecule has 0 heterocycles. The Balaban J connectivity index is 2.32. The molecule has 0 spiro atoms. The minimum absolute atomic E-state index is 0.0139. The van der Waals surface area contributed by atoms with E-state index in [1.54, 1.807) is 0 Å². The van der Waals surface area contributed by atoms with Gasteiger partial charge in [0.05, 0.1) is 22.0 Å². The highest BCUT2D eigenvalue weighted by Crippen LogP contribution is 2.22. The van der Waals surface area contributed by atoms with Crippen molar-refractivity contribution in [1.82, 2.24) is 5.32 Å². The monoisotopic (exact) mass is 366 g/mol. The summed E-state index contributed by atoms with van der Waals surface area (Å²) in [6, 6.07) is 8.50. The maximum absolute atomic E-state index is 12.9. The Morgan fingerprint density at radius 2 is 1.88 bits per heavy atom. The van der Waals surface area contributed by atoms with Crippen LogP contribution in [0.5, 0.6) is 0 Å². The SMILES string of the molecule is C#CCNC(=O)c1cc(S(=O)(=O)Nc2ccc(F)cc2)ccc1Cl. The van der Waals surface area contributed by atoms with Crippen LogP contribution in [0.15, 0.2) is 47.4 Å². The van der Waals surface area contributed by atoms with Crippen molar-refractivity contribution >= 4 is 33.2 Å². The normalized spacial score (nSPS) is 10.7. The number of benzene rings is 2. The van der Waals surface area contributed by atoms with Gasteiger partial charge in [-0.1, -0.05) is 17.5 Å². The standard InChI is InChI=1S/C16H12ClFN2O3S/c1-2-9-19-16(21)14-10-13(7-8-15(14)17)24(22,23)20-12-5-3-11(18)4-6-12/h1,3-8,10,20H,9H2,(H,19,21). The van der Waals surface area contributed by atoms with E-state index in [1.807, 2.05) is 0 Å². The molecule has 0 bridgehead atoms. The van der Waals surface area contributed by atoms with E-state index >= 15 is 0 Å². The van der Waals surface area contributed by atoms with Gasteiger partial charge in [-0.05, 0) is 42.5 Å². The molecule has 0 radical (unpaired) electrons.